The van der Waals surface area contributed by atoms with Crippen LogP contribution in [0, 0.1) is 57.7 Å². The zero-order valence-corrected chi connectivity index (χ0v) is 18.6. The van der Waals surface area contributed by atoms with Gasteiger partial charge in [-0.2, -0.15) is 0 Å². The molecule has 0 heterocycles. The van der Waals surface area contributed by atoms with E-state index in [4.69, 9.17) is 0 Å². The summed E-state index contributed by atoms with van der Waals surface area (Å²) in [6.45, 7) is 8.33. The highest BCUT2D eigenvalue weighted by Crippen LogP contribution is 2.75. The minimum absolute atomic E-state index is 0.0152. The number of hydrogen-bond acceptors (Lipinski definition) is 3. The standard InChI is InChI=1S/C24H36O6/c1-12(2)14-11-24-9-6-15-22(3,7-5-8-23(15,4)21(29)30)16(24)10-13(14)17(19(25)26)18(24)20(27)28/h12-18H,5-11H2,1-4H3,(H,25,26)(H,27,28)(H,29,30)/t13?,14-,15?,16?,17?,18?,22?,23?,24?/m0/s1. The highest BCUT2D eigenvalue weighted by Gasteiger charge is 2.72. The Morgan fingerprint density at radius 1 is 0.933 bits per heavy atom. The van der Waals surface area contributed by atoms with E-state index < -0.39 is 40.6 Å². The second-order valence-electron chi connectivity index (χ2n) is 11.7. The normalized spacial score (nSPS) is 49.9. The lowest BCUT2D eigenvalue weighted by atomic mass is 9.32. The van der Waals surface area contributed by atoms with Crippen LogP contribution in [0.1, 0.15) is 72.6 Å². The Balaban J connectivity index is 1.85. The molecule has 0 saturated heterocycles. The molecular weight excluding hydrogens is 384 g/mol. The Labute approximate surface area is 178 Å². The van der Waals surface area contributed by atoms with Gasteiger partial charge in [-0.3, -0.25) is 14.4 Å². The van der Waals surface area contributed by atoms with Crippen LogP contribution in [0.25, 0.3) is 0 Å². The first-order chi connectivity index (χ1) is 13.9. The van der Waals surface area contributed by atoms with Gasteiger partial charge in [0.15, 0.2) is 0 Å². The maximum atomic E-state index is 12.5. The molecule has 2 bridgehead atoms. The summed E-state index contributed by atoms with van der Waals surface area (Å²) in [4.78, 5) is 37.1. The summed E-state index contributed by atoms with van der Waals surface area (Å²) >= 11 is 0. The van der Waals surface area contributed by atoms with E-state index in [-0.39, 0.29) is 29.1 Å². The van der Waals surface area contributed by atoms with Crippen molar-refractivity contribution >= 4 is 17.9 Å². The Kier molecular flexibility index (Phi) is 4.83. The molecule has 5 aliphatic carbocycles. The van der Waals surface area contributed by atoms with Crippen LogP contribution in [0.2, 0.25) is 0 Å². The molecule has 1 spiro atoms. The molecule has 5 rings (SSSR count). The Morgan fingerprint density at radius 3 is 2.13 bits per heavy atom. The van der Waals surface area contributed by atoms with Crippen LogP contribution in [-0.4, -0.2) is 33.2 Å². The molecule has 5 fully saturated rings. The minimum Gasteiger partial charge on any atom is -0.481 e. The average molecular weight is 421 g/mol. The highest BCUT2D eigenvalue weighted by atomic mass is 16.4. The maximum absolute atomic E-state index is 12.5. The molecule has 168 valence electrons. The molecule has 0 aromatic heterocycles. The molecule has 9 atom stereocenters. The van der Waals surface area contributed by atoms with Gasteiger partial charge in [-0.1, -0.05) is 27.2 Å². The lowest BCUT2D eigenvalue weighted by molar-refractivity contribution is -0.247. The molecule has 8 unspecified atom stereocenters. The molecule has 0 aliphatic heterocycles. The van der Waals surface area contributed by atoms with E-state index in [1.165, 1.54) is 0 Å². The molecule has 30 heavy (non-hydrogen) atoms. The Morgan fingerprint density at radius 2 is 1.60 bits per heavy atom. The molecule has 6 heteroatoms. The van der Waals surface area contributed by atoms with Gasteiger partial charge in [0.25, 0.3) is 0 Å². The predicted molar refractivity (Wildman–Crippen MR) is 110 cm³/mol. The van der Waals surface area contributed by atoms with Crippen molar-refractivity contribution in [2.75, 3.05) is 0 Å². The Bertz CT molecular complexity index is 776. The largest absolute Gasteiger partial charge is 0.481 e. The molecule has 0 aromatic carbocycles. The number of carboxylic acids is 3. The monoisotopic (exact) mass is 420 g/mol. The molecule has 5 aliphatic rings. The van der Waals surface area contributed by atoms with Crippen LogP contribution in [0.15, 0.2) is 0 Å². The van der Waals surface area contributed by atoms with Crippen molar-refractivity contribution in [2.24, 2.45) is 57.7 Å². The lowest BCUT2D eigenvalue weighted by Gasteiger charge is -2.71. The van der Waals surface area contributed by atoms with Crippen molar-refractivity contribution in [3.8, 4) is 0 Å². The van der Waals surface area contributed by atoms with Gasteiger partial charge in [-0.25, -0.2) is 0 Å². The minimum atomic E-state index is -0.974. The third-order valence-corrected chi connectivity index (χ3v) is 10.4. The van der Waals surface area contributed by atoms with Gasteiger partial charge in [0.05, 0.1) is 17.3 Å². The summed E-state index contributed by atoms with van der Waals surface area (Å²) in [6.07, 6.45) is 5.23. The van der Waals surface area contributed by atoms with Crippen molar-refractivity contribution in [2.45, 2.75) is 72.6 Å². The first-order valence-electron chi connectivity index (χ1n) is 11.6. The number of carbonyl (C=O) groups is 3. The molecular formula is C24H36O6. The predicted octanol–water partition coefficient (Wildman–Crippen LogP) is 4.38. The number of aliphatic carboxylic acids is 3. The summed E-state index contributed by atoms with van der Waals surface area (Å²) < 4.78 is 0. The fourth-order valence-electron chi connectivity index (χ4n) is 9.24. The van der Waals surface area contributed by atoms with E-state index in [2.05, 4.69) is 20.8 Å². The third-order valence-electron chi connectivity index (χ3n) is 10.4. The second kappa shape index (κ2) is 6.70. The van der Waals surface area contributed by atoms with Crippen molar-refractivity contribution in [1.29, 1.82) is 0 Å². The van der Waals surface area contributed by atoms with Gasteiger partial charge in [0, 0.05) is 0 Å². The summed E-state index contributed by atoms with van der Waals surface area (Å²) in [5.41, 5.74) is -1.57. The van der Waals surface area contributed by atoms with E-state index in [0.29, 0.717) is 25.2 Å². The molecule has 0 aromatic rings. The number of fused-ring (bicyclic) bond motifs is 3. The van der Waals surface area contributed by atoms with Gasteiger partial charge >= 0.3 is 17.9 Å². The van der Waals surface area contributed by atoms with Gasteiger partial charge in [0.1, 0.15) is 0 Å². The number of carboxylic acid groups (broad SMARTS) is 3. The van der Waals surface area contributed by atoms with Gasteiger partial charge in [-0.05, 0) is 85.9 Å². The summed E-state index contributed by atoms with van der Waals surface area (Å²) in [5.74, 6) is -3.92. The van der Waals surface area contributed by atoms with E-state index in [9.17, 15) is 29.7 Å². The van der Waals surface area contributed by atoms with Gasteiger partial charge < -0.3 is 15.3 Å². The maximum Gasteiger partial charge on any atom is 0.309 e. The number of hydrogen-bond donors (Lipinski definition) is 3. The molecule has 5 saturated carbocycles. The van der Waals surface area contributed by atoms with Crippen LogP contribution < -0.4 is 0 Å². The quantitative estimate of drug-likeness (QED) is 0.622. The Hall–Kier alpha value is -1.59. The van der Waals surface area contributed by atoms with E-state index in [0.717, 1.165) is 25.7 Å². The second-order valence-corrected chi connectivity index (χ2v) is 11.7. The van der Waals surface area contributed by atoms with Crippen molar-refractivity contribution in [3.05, 3.63) is 0 Å². The van der Waals surface area contributed by atoms with Crippen molar-refractivity contribution in [1.82, 2.24) is 0 Å². The third kappa shape index (κ3) is 2.57. The fraction of sp³-hybridized carbons (Fsp3) is 0.875. The topological polar surface area (TPSA) is 112 Å². The SMILES string of the molecule is CC(C)[C@@H]1CC23CCC4C(C)(C(=O)O)CCCC4(C)C2CC1C(C(=O)O)C3C(=O)O. The molecule has 6 nitrogen and oxygen atoms in total. The van der Waals surface area contributed by atoms with E-state index in [1.54, 1.807) is 0 Å². The van der Waals surface area contributed by atoms with Crippen LogP contribution >= 0.6 is 0 Å². The van der Waals surface area contributed by atoms with Crippen LogP contribution in [-0.2, 0) is 14.4 Å². The fourth-order valence-corrected chi connectivity index (χ4v) is 9.24. The van der Waals surface area contributed by atoms with Crippen LogP contribution in [0.4, 0.5) is 0 Å². The first-order valence-corrected chi connectivity index (χ1v) is 11.6. The number of rotatable bonds is 4. The van der Waals surface area contributed by atoms with Crippen LogP contribution in [0.3, 0.4) is 0 Å². The highest BCUT2D eigenvalue weighted by molar-refractivity contribution is 5.82. The zero-order valence-electron chi connectivity index (χ0n) is 18.6. The lowest BCUT2D eigenvalue weighted by Crippen LogP contribution is -2.69. The molecule has 3 N–H and O–H groups in total. The van der Waals surface area contributed by atoms with Crippen molar-refractivity contribution in [3.63, 3.8) is 0 Å². The van der Waals surface area contributed by atoms with E-state index in [1.807, 2.05) is 6.92 Å². The summed E-state index contributed by atoms with van der Waals surface area (Å²) in [7, 11) is 0. The van der Waals surface area contributed by atoms with Gasteiger partial charge in [0.2, 0.25) is 0 Å². The zero-order chi connectivity index (χ0) is 22.2. The van der Waals surface area contributed by atoms with Gasteiger partial charge in [-0.15, -0.1) is 0 Å². The van der Waals surface area contributed by atoms with Crippen LogP contribution in [0.5, 0.6) is 0 Å². The first kappa shape index (κ1) is 21.6. The summed E-state index contributed by atoms with van der Waals surface area (Å²) in [6, 6.07) is 0. The molecule has 0 amide bonds. The average Bonchev–Trinajstić information content (AvgIpc) is 2.65. The smallest absolute Gasteiger partial charge is 0.309 e. The van der Waals surface area contributed by atoms with Crippen molar-refractivity contribution < 1.29 is 29.7 Å². The summed E-state index contributed by atoms with van der Waals surface area (Å²) in [5, 5.41) is 30.4. The van der Waals surface area contributed by atoms with E-state index >= 15 is 0 Å². The molecule has 0 radical (unpaired) electrons.